The Bertz CT molecular complexity index is 2670. The SMILES string of the molecule is C1=Cc2c(-c3c4ccccc4c(-c4ccccc4)c4ccccc34)ccc(-c3cccc4oc5cc6ccccc6cc5c34)c2CC1. The third-order valence-electron chi connectivity index (χ3n) is 10.1. The van der Waals surface area contributed by atoms with Crippen LogP contribution < -0.4 is 0 Å². The Balaban J connectivity index is 1.27. The zero-order valence-electron chi connectivity index (χ0n) is 25.8. The maximum Gasteiger partial charge on any atom is 0.136 e. The third kappa shape index (κ3) is 3.96. The quantitative estimate of drug-likeness (QED) is 0.184. The highest BCUT2D eigenvalue weighted by Gasteiger charge is 2.23. The lowest BCUT2D eigenvalue weighted by Crippen LogP contribution is -2.01. The monoisotopic (exact) mass is 598 g/mol. The van der Waals surface area contributed by atoms with Crippen molar-refractivity contribution in [3.05, 3.63) is 163 Å². The lowest BCUT2D eigenvalue weighted by Gasteiger charge is -2.23. The molecule has 0 spiro atoms. The molecule has 1 aliphatic carbocycles. The second-order valence-corrected chi connectivity index (χ2v) is 12.7. The van der Waals surface area contributed by atoms with E-state index in [-0.39, 0.29) is 0 Å². The predicted molar refractivity (Wildman–Crippen MR) is 200 cm³/mol. The van der Waals surface area contributed by atoms with E-state index in [0.717, 1.165) is 24.0 Å². The molecule has 8 aromatic carbocycles. The molecule has 0 amide bonds. The minimum Gasteiger partial charge on any atom is -0.456 e. The van der Waals surface area contributed by atoms with Gasteiger partial charge in [-0.2, -0.15) is 0 Å². The molecule has 0 fully saturated rings. The zero-order valence-corrected chi connectivity index (χ0v) is 25.8. The van der Waals surface area contributed by atoms with Crippen molar-refractivity contribution in [2.24, 2.45) is 0 Å². The minimum absolute atomic E-state index is 0.936. The maximum absolute atomic E-state index is 6.49. The van der Waals surface area contributed by atoms with Gasteiger partial charge in [0.25, 0.3) is 0 Å². The van der Waals surface area contributed by atoms with Crippen LogP contribution in [0.25, 0.3) is 93.7 Å². The minimum atomic E-state index is 0.936. The molecular formula is C46H30O. The fourth-order valence-electron chi connectivity index (χ4n) is 8.09. The normalized spacial score (nSPS) is 12.9. The molecule has 0 N–H and O–H groups in total. The van der Waals surface area contributed by atoms with E-state index in [2.05, 4.69) is 158 Å². The van der Waals surface area contributed by atoms with Crippen molar-refractivity contribution in [3.63, 3.8) is 0 Å². The number of fused-ring (bicyclic) bond motifs is 7. The highest BCUT2D eigenvalue weighted by Crippen LogP contribution is 2.48. The van der Waals surface area contributed by atoms with Crippen molar-refractivity contribution in [3.8, 4) is 33.4 Å². The van der Waals surface area contributed by atoms with Gasteiger partial charge in [-0.1, -0.05) is 140 Å². The molecule has 9 aromatic rings. The summed E-state index contributed by atoms with van der Waals surface area (Å²) < 4.78 is 6.49. The lowest BCUT2D eigenvalue weighted by molar-refractivity contribution is 0.669. The van der Waals surface area contributed by atoms with Crippen LogP contribution in [0.1, 0.15) is 17.5 Å². The van der Waals surface area contributed by atoms with E-state index in [9.17, 15) is 0 Å². The highest BCUT2D eigenvalue weighted by molar-refractivity contribution is 6.22. The van der Waals surface area contributed by atoms with Gasteiger partial charge in [-0.15, -0.1) is 0 Å². The second-order valence-electron chi connectivity index (χ2n) is 12.7. The Morgan fingerprint density at radius 2 is 1.09 bits per heavy atom. The third-order valence-corrected chi connectivity index (χ3v) is 10.1. The molecule has 1 nitrogen and oxygen atoms in total. The number of benzene rings is 8. The Morgan fingerprint density at radius 1 is 0.447 bits per heavy atom. The lowest BCUT2D eigenvalue weighted by atomic mass is 9.80. The number of hydrogen-bond donors (Lipinski definition) is 0. The zero-order chi connectivity index (χ0) is 30.9. The maximum atomic E-state index is 6.49. The summed E-state index contributed by atoms with van der Waals surface area (Å²) in [6.07, 6.45) is 6.75. The molecule has 0 saturated heterocycles. The Kier molecular flexibility index (Phi) is 5.77. The van der Waals surface area contributed by atoms with Gasteiger partial charge in [0.2, 0.25) is 0 Å². The van der Waals surface area contributed by atoms with Crippen LogP contribution in [-0.4, -0.2) is 0 Å². The summed E-state index contributed by atoms with van der Waals surface area (Å²) in [5.74, 6) is 0. The summed E-state index contributed by atoms with van der Waals surface area (Å²) in [5, 5.41) is 9.94. The van der Waals surface area contributed by atoms with Crippen LogP contribution in [-0.2, 0) is 6.42 Å². The van der Waals surface area contributed by atoms with E-state index in [1.165, 1.54) is 87.6 Å². The van der Waals surface area contributed by atoms with Gasteiger partial charge in [0.1, 0.15) is 11.2 Å². The van der Waals surface area contributed by atoms with Crippen molar-refractivity contribution in [1.29, 1.82) is 0 Å². The molecule has 0 radical (unpaired) electrons. The second kappa shape index (κ2) is 10.3. The first-order valence-electron chi connectivity index (χ1n) is 16.5. The van der Waals surface area contributed by atoms with Gasteiger partial charge in [0.05, 0.1) is 0 Å². The predicted octanol–water partition coefficient (Wildman–Crippen LogP) is 13.0. The molecule has 1 heteroatoms. The number of allylic oxidation sites excluding steroid dienone is 1. The molecule has 0 aliphatic heterocycles. The first kappa shape index (κ1) is 26.3. The van der Waals surface area contributed by atoms with Gasteiger partial charge in [-0.3, -0.25) is 0 Å². The summed E-state index contributed by atoms with van der Waals surface area (Å²) in [4.78, 5) is 0. The average molecular weight is 599 g/mol. The van der Waals surface area contributed by atoms with E-state index in [1.807, 2.05) is 0 Å². The van der Waals surface area contributed by atoms with Gasteiger partial charge in [-0.25, -0.2) is 0 Å². The first-order valence-corrected chi connectivity index (χ1v) is 16.5. The van der Waals surface area contributed by atoms with Crippen LogP contribution in [0.2, 0.25) is 0 Å². The molecule has 0 atom stereocenters. The highest BCUT2D eigenvalue weighted by atomic mass is 16.3. The van der Waals surface area contributed by atoms with Crippen LogP contribution in [0.3, 0.4) is 0 Å². The van der Waals surface area contributed by atoms with Crippen molar-refractivity contribution in [2.45, 2.75) is 12.8 Å². The van der Waals surface area contributed by atoms with E-state index in [4.69, 9.17) is 4.42 Å². The molecule has 0 unspecified atom stereocenters. The molecule has 47 heavy (non-hydrogen) atoms. The van der Waals surface area contributed by atoms with Crippen LogP contribution in [0.5, 0.6) is 0 Å². The van der Waals surface area contributed by atoms with E-state index >= 15 is 0 Å². The number of hydrogen-bond acceptors (Lipinski definition) is 1. The fraction of sp³-hybridized carbons (Fsp3) is 0.0435. The van der Waals surface area contributed by atoms with Crippen LogP contribution in [0.4, 0.5) is 0 Å². The summed E-state index contributed by atoms with van der Waals surface area (Å²) >= 11 is 0. The van der Waals surface area contributed by atoms with E-state index in [0.29, 0.717) is 0 Å². The molecule has 1 heterocycles. The van der Waals surface area contributed by atoms with Gasteiger partial charge >= 0.3 is 0 Å². The standard InChI is InChI=1S/C46H30O/c1-2-13-29(14-3-1)44-36-19-8-10-21-38(36)45(39-22-11-9-20-37(39)44)40-26-25-34(32-17-6-7-18-33(32)40)35-23-12-24-42-46(35)41-27-30-15-4-5-16-31(30)28-43(41)47-42/h1-5,7-16,18-28H,6,17H2. The van der Waals surface area contributed by atoms with Crippen LogP contribution in [0.15, 0.2) is 156 Å². The number of rotatable bonds is 3. The van der Waals surface area contributed by atoms with Crippen molar-refractivity contribution >= 4 is 60.3 Å². The van der Waals surface area contributed by atoms with Gasteiger partial charge < -0.3 is 4.42 Å². The summed E-state index contributed by atoms with van der Waals surface area (Å²) in [7, 11) is 0. The van der Waals surface area contributed by atoms with Crippen molar-refractivity contribution in [2.75, 3.05) is 0 Å². The van der Waals surface area contributed by atoms with Crippen LogP contribution >= 0.6 is 0 Å². The van der Waals surface area contributed by atoms with E-state index in [1.54, 1.807) is 0 Å². The average Bonchev–Trinajstić information content (AvgIpc) is 3.50. The molecule has 1 aromatic heterocycles. The van der Waals surface area contributed by atoms with Gasteiger partial charge in [-0.05, 0) is 108 Å². The molecule has 0 bridgehead atoms. The first-order chi connectivity index (χ1) is 23.3. The largest absolute Gasteiger partial charge is 0.456 e. The number of furan rings is 1. The van der Waals surface area contributed by atoms with Crippen molar-refractivity contribution in [1.82, 2.24) is 0 Å². The summed E-state index contributed by atoms with van der Waals surface area (Å²) in [5.41, 5.74) is 12.3. The topological polar surface area (TPSA) is 13.1 Å². The molecule has 10 rings (SSSR count). The molecular weight excluding hydrogens is 569 g/mol. The molecule has 1 aliphatic rings. The summed E-state index contributed by atoms with van der Waals surface area (Å²) in [6, 6.07) is 53.0. The Labute approximate surface area is 273 Å². The molecule has 0 saturated carbocycles. The van der Waals surface area contributed by atoms with Gasteiger partial charge in [0, 0.05) is 10.8 Å². The fourth-order valence-corrected chi connectivity index (χ4v) is 8.09. The smallest absolute Gasteiger partial charge is 0.136 e. The van der Waals surface area contributed by atoms with Gasteiger partial charge in [0.15, 0.2) is 0 Å². The van der Waals surface area contributed by atoms with E-state index < -0.39 is 0 Å². The van der Waals surface area contributed by atoms with Crippen LogP contribution in [0, 0.1) is 0 Å². The molecule has 220 valence electrons. The Hall–Kier alpha value is -5.92. The Morgan fingerprint density at radius 3 is 1.83 bits per heavy atom. The van der Waals surface area contributed by atoms with Crippen molar-refractivity contribution < 1.29 is 4.42 Å². The summed E-state index contributed by atoms with van der Waals surface area (Å²) in [6.45, 7) is 0.